The summed E-state index contributed by atoms with van der Waals surface area (Å²) in [4.78, 5) is 2.51. The van der Waals surface area contributed by atoms with Crippen molar-refractivity contribution >= 4 is 27.8 Å². The van der Waals surface area contributed by atoms with E-state index in [-0.39, 0.29) is 5.41 Å². The molecular weight excluding hydrogens is 615 g/mol. The molecule has 4 aliphatic rings. The average molecular weight is 664 g/mol. The van der Waals surface area contributed by atoms with E-state index in [0.717, 1.165) is 17.8 Å². The Bertz CT molecular complexity index is 2230. The minimum atomic E-state index is -0.122. The summed E-state index contributed by atoms with van der Waals surface area (Å²) in [6.45, 7) is 4.84. The van der Waals surface area contributed by atoms with Gasteiger partial charge in [-0.1, -0.05) is 124 Å². The average Bonchev–Trinajstić information content (AvgIpc) is 3.88. The molecule has 3 unspecified atom stereocenters. The summed E-state index contributed by atoms with van der Waals surface area (Å²) < 4.78 is 0. The van der Waals surface area contributed by atoms with Gasteiger partial charge in [0.1, 0.15) is 0 Å². The number of fused-ring (bicyclic) bond motifs is 6. The maximum atomic E-state index is 2.51. The molecular formula is C50H49N. The van der Waals surface area contributed by atoms with Gasteiger partial charge >= 0.3 is 0 Å². The topological polar surface area (TPSA) is 3.24 Å². The smallest absolute Gasteiger partial charge is 0.0465 e. The number of anilines is 3. The minimum Gasteiger partial charge on any atom is -0.310 e. The van der Waals surface area contributed by atoms with Gasteiger partial charge in [-0.25, -0.2) is 0 Å². The normalized spacial score (nSPS) is 21.9. The standard InChI is InChI=1S/C50H49N/c1-50(2)48-31-39(44-14-8-12-36-11-6-7-13-43(36)44)21-27-45(48)46-28-26-42(32-49(46)50)51(40-22-17-35(18-23-40)34-9-4-3-5-10-34)41-24-19-37(20-25-41)47-30-33-15-16-38(47)29-33/h6-8,11-14,17-28,31-34,38,47H,3-5,9-10,15-16,29-30H2,1-2H3. The monoisotopic (exact) mass is 663 g/mol. The molecule has 0 radical (unpaired) electrons. The van der Waals surface area contributed by atoms with E-state index in [9.17, 15) is 0 Å². The molecule has 4 aliphatic carbocycles. The molecule has 10 rings (SSSR count). The molecule has 0 aliphatic heterocycles. The Balaban J connectivity index is 1.03. The van der Waals surface area contributed by atoms with Crippen molar-refractivity contribution < 1.29 is 0 Å². The predicted octanol–water partition coefficient (Wildman–Crippen LogP) is 14.2. The van der Waals surface area contributed by atoms with Gasteiger partial charge in [-0.15, -0.1) is 0 Å². The fraction of sp³-hybridized carbons (Fsp3) is 0.320. The third kappa shape index (κ3) is 5.26. The first-order chi connectivity index (χ1) is 25.0. The van der Waals surface area contributed by atoms with Crippen molar-refractivity contribution in [3.63, 3.8) is 0 Å². The van der Waals surface area contributed by atoms with E-state index in [4.69, 9.17) is 0 Å². The Morgan fingerprint density at radius 2 is 1.20 bits per heavy atom. The van der Waals surface area contributed by atoms with Crippen LogP contribution >= 0.6 is 0 Å². The summed E-state index contributed by atoms with van der Waals surface area (Å²) in [7, 11) is 0. The first-order valence-corrected chi connectivity index (χ1v) is 19.8. The zero-order chi connectivity index (χ0) is 34.1. The van der Waals surface area contributed by atoms with Gasteiger partial charge < -0.3 is 4.90 Å². The van der Waals surface area contributed by atoms with Crippen molar-refractivity contribution in [1.82, 2.24) is 0 Å². The first-order valence-electron chi connectivity index (χ1n) is 19.8. The molecule has 0 aromatic heterocycles. The van der Waals surface area contributed by atoms with Crippen LogP contribution in [0.15, 0.2) is 127 Å². The van der Waals surface area contributed by atoms with Gasteiger partial charge in [-0.05, 0) is 154 Å². The minimum absolute atomic E-state index is 0.122. The molecule has 1 nitrogen and oxygen atoms in total. The highest BCUT2D eigenvalue weighted by Crippen LogP contribution is 2.54. The van der Waals surface area contributed by atoms with Crippen LogP contribution in [0.4, 0.5) is 17.1 Å². The van der Waals surface area contributed by atoms with E-state index in [1.54, 1.807) is 5.56 Å². The number of benzene rings is 6. The molecule has 2 bridgehead atoms. The fourth-order valence-electron chi connectivity index (χ4n) is 10.8. The van der Waals surface area contributed by atoms with Gasteiger partial charge in [-0.3, -0.25) is 0 Å². The molecule has 6 aromatic rings. The van der Waals surface area contributed by atoms with Crippen LogP contribution in [0.25, 0.3) is 33.0 Å². The predicted molar refractivity (Wildman–Crippen MR) is 216 cm³/mol. The van der Waals surface area contributed by atoms with E-state index in [0.29, 0.717) is 5.92 Å². The second kappa shape index (κ2) is 12.3. The van der Waals surface area contributed by atoms with Crippen LogP contribution in [0, 0.1) is 11.8 Å². The molecule has 51 heavy (non-hydrogen) atoms. The number of hydrogen-bond donors (Lipinski definition) is 0. The highest BCUT2D eigenvalue weighted by molar-refractivity contribution is 5.98. The molecule has 0 N–H and O–H groups in total. The Hall–Kier alpha value is -4.62. The Morgan fingerprint density at radius 1 is 0.529 bits per heavy atom. The van der Waals surface area contributed by atoms with Crippen LogP contribution in [-0.4, -0.2) is 0 Å². The SMILES string of the molecule is CC1(C)c2cc(-c3cccc4ccccc34)ccc2-c2ccc(N(c3ccc(C4CCCCC4)cc3)c3ccc(C4CC5CCC4C5)cc3)cc21. The van der Waals surface area contributed by atoms with E-state index >= 15 is 0 Å². The van der Waals surface area contributed by atoms with Gasteiger partial charge in [0, 0.05) is 22.5 Å². The molecule has 3 atom stereocenters. The van der Waals surface area contributed by atoms with Gasteiger partial charge in [0.05, 0.1) is 0 Å². The molecule has 0 spiro atoms. The molecule has 3 saturated carbocycles. The lowest BCUT2D eigenvalue weighted by atomic mass is 9.81. The second-order valence-corrected chi connectivity index (χ2v) is 16.8. The summed E-state index contributed by atoms with van der Waals surface area (Å²) in [5.74, 6) is 3.31. The maximum absolute atomic E-state index is 2.51. The molecule has 254 valence electrons. The number of nitrogens with zero attached hydrogens (tertiary/aromatic N) is 1. The van der Waals surface area contributed by atoms with Gasteiger partial charge in [0.25, 0.3) is 0 Å². The van der Waals surface area contributed by atoms with Crippen molar-refractivity contribution in [1.29, 1.82) is 0 Å². The zero-order valence-electron chi connectivity index (χ0n) is 30.2. The Labute approximate surface area is 304 Å². The van der Waals surface area contributed by atoms with E-state index in [2.05, 4.69) is 146 Å². The van der Waals surface area contributed by atoms with Crippen LogP contribution in [-0.2, 0) is 5.41 Å². The summed E-state index contributed by atoms with van der Waals surface area (Å²) in [5, 5.41) is 2.60. The quantitative estimate of drug-likeness (QED) is 0.171. The molecule has 3 fully saturated rings. The summed E-state index contributed by atoms with van der Waals surface area (Å²) in [5.41, 5.74) is 14.8. The highest BCUT2D eigenvalue weighted by atomic mass is 15.1. The van der Waals surface area contributed by atoms with E-state index in [1.807, 2.05) is 0 Å². The lowest BCUT2D eigenvalue weighted by Gasteiger charge is -2.29. The van der Waals surface area contributed by atoms with Crippen molar-refractivity contribution in [2.75, 3.05) is 4.90 Å². The van der Waals surface area contributed by atoms with Crippen LogP contribution < -0.4 is 4.90 Å². The van der Waals surface area contributed by atoms with E-state index < -0.39 is 0 Å². The molecule has 0 amide bonds. The molecule has 6 aromatic carbocycles. The van der Waals surface area contributed by atoms with Crippen LogP contribution in [0.3, 0.4) is 0 Å². The van der Waals surface area contributed by atoms with E-state index in [1.165, 1.54) is 125 Å². The zero-order valence-corrected chi connectivity index (χ0v) is 30.2. The highest BCUT2D eigenvalue weighted by Gasteiger charge is 2.40. The maximum Gasteiger partial charge on any atom is 0.0465 e. The third-order valence-electron chi connectivity index (χ3n) is 13.6. The summed E-state index contributed by atoms with van der Waals surface area (Å²) in [6.07, 6.45) is 12.5. The van der Waals surface area contributed by atoms with Gasteiger partial charge in [-0.2, -0.15) is 0 Å². The van der Waals surface area contributed by atoms with Gasteiger partial charge in [0.15, 0.2) is 0 Å². The van der Waals surface area contributed by atoms with Crippen molar-refractivity contribution in [2.24, 2.45) is 11.8 Å². The van der Waals surface area contributed by atoms with Crippen LogP contribution in [0.2, 0.25) is 0 Å². The van der Waals surface area contributed by atoms with Crippen LogP contribution in [0.5, 0.6) is 0 Å². The number of rotatable bonds is 6. The van der Waals surface area contributed by atoms with Crippen LogP contribution in [0.1, 0.15) is 106 Å². The first kappa shape index (κ1) is 31.1. The van der Waals surface area contributed by atoms with Gasteiger partial charge in [0.2, 0.25) is 0 Å². The molecule has 0 heterocycles. The van der Waals surface area contributed by atoms with Crippen molar-refractivity contribution in [3.05, 3.63) is 150 Å². The second-order valence-electron chi connectivity index (χ2n) is 16.8. The lowest BCUT2D eigenvalue weighted by Crippen LogP contribution is -2.17. The summed E-state index contributed by atoms with van der Waals surface area (Å²) in [6, 6.07) is 49.2. The molecule has 0 saturated heterocycles. The molecule has 1 heteroatoms. The van der Waals surface area contributed by atoms with Crippen molar-refractivity contribution in [3.8, 4) is 22.3 Å². The largest absolute Gasteiger partial charge is 0.310 e. The third-order valence-corrected chi connectivity index (χ3v) is 13.6. The fourth-order valence-corrected chi connectivity index (χ4v) is 10.8. The van der Waals surface area contributed by atoms with Crippen molar-refractivity contribution in [2.45, 2.75) is 88.9 Å². The Kier molecular flexibility index (Phi) is 7.49. The Morgan fingerprint density at radius 3 is 1.92 bits per heavy atom. The summed E-state index contributed by atoms with van der Waals surface area (Å²) >= 11 is 0. The lowest BCUT2D eigenvalue weighted by molar-refractivity contribution is 0.420. The number of hydrogen-bond acceptors (Lipinski definition) is 1.